The molecule has 24 heteroatoms. The first-order valence-corrected chi connectivity index (χ1v) is 32.2. The second kappa shape index (κ2) is 35.7. The quantitative estimate of drug-likeness (QED) is 0.0307. The summed E-state index contributed by atoms with van der Waals surface area (Å²) in [5, 5.41) is 25.0. The van der Waals surface area contributed by atoms with E-state index in [0.717, 1.165) is 4.90 Å². The Morgan fingerprint density at radius 1 is 0.778 bits per heavy atom. The average molecular weight is 1320 g/mol. The van der Waals surface area contributed by atoms with Gasteiger partial charge in [-0.15, -0.1) is 0 Å². The van der Waals surface area contributed by atoms with Gasteiger partial charge in [0.25, 0.3) is 11.8 Å². The number of methoxy groups -OCH3 is 2. The fourth-order valence-corrected chi connectivity index (χ4v) is 12.0. The van der Waals surface area contributed by atoms with Crippen LogP contribution in [0.5, 0.6) is 0 Å². The lowest BCUT2D eigenvalue weighted by atomic mass is 9.87. The lowest BCUT2D eigenvalue weighted by Crippen LogP contribution is -2.58. The van der Waals surface area contributed by atoms with Gasteiger partial charge in [-0.3, -0.25) is 48.1 Å². The minimum atomic E-state index is -0.968. The van der Waals surface area contributed by atoms with Gasteiger partial charge in [0.1, 0.15) is 24.7 Å². The topological polar surface area (TPSA) is 292 Å². The van der Waals surface area contributed by atoms with E-state index >= 15 is 0 Å². The summed E-state index contributed by atoms with van der Waals surface area (Å²) in [6.45, 7) is 20.6. The SMILES string of the molecule is CC[C@@H](C)[C@@H]([C@@H](CC(=O)N1CCCC1[C@H](OC)[C@@H](C)C(=O)N[C@@H](C)[C@H](O)c1ccccc1)OC)N(C)C(=O)[C@@H](NC(=O)CC(C)(C)CN(C)C(=O)OCc1ccc(NC(=O)[C@@H](C)NC(=O)[C@H](NC(=O)CCCCCN2C(=O)C=C(Br)C2=O)C(C)C)cc1)C(C)C. The number of nitrogens with one attached hydrogen (secondary N) is 5. The molecule has 10 amide bonds. The van der Waals surface area contributed by atoms with Crippen molar-refractivity contribution in [1.29, 1.82) is 0 Å². The second-order valence-corrected chi connectivity index (χ2v) is 26.4. The number of ether oxygens (including phenoxy) is 3. The van der Waals surface area contributed by atoms with Gasteiger partial charge in [-0.25, -0.2) is 4.79 Å². The third-order valence-electron chi connectivity index (χ3n) is 17.0. The van der Waals surface area contributed by atoms with Crippen LogP contribution < -0.4 is 26.6 Å². The number of aliphatic hydroxyl groups excluding tert-OH is 1. The van der Waals surface area contributed by atoms with Crippen molar-refractivity contribution in [1.82, 2.24) is 40.9 Å². The maximum Gasteiger partial charge on any atom is 0.409 e. The standard InChI is InChI=1S/C66H100BrN9O14/c1-16-41(6)57(50(88-14)35-54(80)75-33-23-26-49(75)59(89-15)42(7)60(82)68-43(8)58(81)46-24-19-17-20-25-46)74(13)64(86)56(40(4)5)72-52(78)36-66(10,11)38-73(12)65(87)90-37-45-28-30-47(31-29-45)70-61(83)44(9)69-62(84)55(39(2)3)71-51(77)27-21-18-22-32-76-53(79)34-48(67)63(76)85/h17,19-20,24-25,28-31,34,39-44,49-50,55-59,81H,16,18,21-23,26-27,32-33,35-38H2,1-15H3,(H,68,82)(H,69,84)(H,70,83)(H,71,77)(H,72,78)/t41-,42-,43+,44-,49?,50-,55-,56+,57+,58+,59-/m1/s1. The summed E-state index contributed by atoms with van der Waals surface area (Å²) in [6.07, 6.45) is 1.89. The lowest BCUT2D eigenvalue weighted by molar-refractivity contribution is -0.147. The minimum absolute atomic E-state index is 0.0391. The summed E-state index contributed by atoms with van der Waals surface area (Å²) in [5.41, 5.74) is 0.954. The van der Waals surface area contributed by atoms with Crippen LogP contribution in [0.1, 0.15) is 151 Å². The molecule has 0 bridgehead atoms. The fourth-order valence-electron chi connectivity index (χ4n) is 11.6. The van der Waals surface area contributed by atoms with E-state index in [1.807, 2.05) is 59.7 Å². The van der Waals surface area contributed by atoms with Crippen molar-refractivity contribution in [3.63, 3.8) is 0 Å². The number of likely N-dealkylation sites (N-methyl/N-ethyl adjacent to an activating group) is 1. The Labute approximate surface area is 540 Å². The minimum Gasteiger partial charge on any atom is -0.445 e. The highest BCUT2D eigenvalue weighted by molar-refractivity contribution is 9.12. The third-order valence-corrected chi connectivity index (χ3v) is 17.5. The molecule has 0 radical (unpaired) electrons. The molecule has 23 nitrogen and oxygen atoms in total. The molecule has 2 aromatic carbocycles. The molecule has 0 aliphatic carbocycles. The molecule has 1 unspecified atom stereocenters. The highest BCUT2D eigenvalue weighted by atomic mass is 79.9. The van der Waals surface area contributed by atoms with Crippen LogP contribution in [0.2, 0.25) is 0 Å². The number of benzene rings is 2. The number of rotatable bonds is 35. The fraction of sp³-hybridized carbons (Fsp3) is 0.636. The third kappa shape index (κ3) is 22.0. The second-order valence-electron chi connectivity index (χ2n) is 25.6. The molecule has 4 rings (SSSR count). The van der Waals surface area contributed by atoms with Crippen molar-refractivity contribution in [2.24, 2.45) is 29.1 Å². The number of carbonyl (C=O) groups is 10. The zero-order chi connectivity index (χ0) is 67.3. The van der Waals surface area contributed by atoms with Crippen molar-refractivity contribution in [3.8, 4) is 0 Å². The van der Waals surface area contributed by atoms with Gasteiger partial charge >= 0.3 is 6.09 Å². The van der Waals surface area contributed by atoms with Crippen LogP contribution in [0.15, 0.2) is 65.2 Å². The van der Waals surface area contributed by atoms with Crippen molar-refractivity contribution < 1.29 is 67.3 Å². The number of imide groups is 1. The number of hydrogen-bond donors (Lipinski definition) is 6. The Morgan fingerprint density at radius 3 is 1.99 bits per heavy atom. The molecule has 6 N–H and O–H groups in total. The summed E-state index contributed by atoms with van der Waals surface area (Å²) in [4.78, 5) is 139. The van der Waals surface area contributed by atoms with Gasteiger partial charge in [-0.1, -0.05) is 118 Å². The Bertz CT molecular complexity index is 2800. The van der Waals surface area contributed by atoms with E-state index in [0.29, 0.717) is 61.9 Å². The van der Waals surface area contributed by atoms with Crippen LogP contribution in [0.4, 0.5) is 10.5 Å². The smallest absolute Gasteiger partial charge is 0.409 e. The number of halogens is 1. The zero-order valence-corrected chi connectivity index (χ0v) is 57.0. The van der Waals surface area contributed by atoms with E-state index in [1.54, 1.807) is 88.0 Å². The molecule has 1 saturated heterocycles. The van der Waals surface area contributed by atoms with Crippen LogP contribution in [-0.4, -0.2) is 180 Å². The van der Waals surface area contributed by atoms with E-state index in [2.05, 4.69) is 42.5 Å². The van der Waals surface area contributed by atoms with Crippen molar-refractivity contribution in [3.05, 3.63) is 76.3 Å². The summed E-state index contributed by atoms with van der Waals surface area (Å²) >= 11 is 3.07. The first-order valence-electron chi connectivity index (χ1n) is 31.4. The Balaban J connectivity index is 1.26. The molecule has 0 spiro atoms. The summed E-state index contributed by atoms with van der Waals surface area (Å²) in [7, 11) is 6.28. The normalized spacial score (nSPS) is 17.6. The number of hydrogen-bond acceptors (Lipinski definition) is 14. The van der Waals surface area contributed by atoms with E-state index in [4.69, 9.17) is 14.2 Å². The number of unbranched alkanes of at least 4 members (excludes halogenated alkanes) is 2. The molecule has 2 heterocycles. The zero-order valence-electron chi connectivity index (χ0n) is 55.4. The van der Waals surface area contributed by atoms with Crippen molar-refractivity contribution in [2.75, 3.05) is 53.3 Å². The van der Waals surface area contributed by atoms with Crippen LogP contribution in [0.3, 0.4) is 0 Å². The maximum absolute atomic E-state index is 14.6. The van der Waals surface area contributed by atoms with Gasteiger partial charge in [0.2, 0.25) is 41.4 Å². The van der Waals surface area contributed by atoms with Crippen LogP contribution in [0, 0.1) is 29.1 Å². The maximum atomic E-state index is 14.6. The van der Waals surface area contributed by atoms with E-state index in [9.17, 15) is 53.1 Å². The molecule has 500 valence electrons. The number of nitrogens with zero attached hydrogens (tertiary/aromatic N) is 4. The summed E-state index contributed by atoms with van der Waals surface area (Å²) < 4.78 is 17.9. The van der Waals surface area contributed by atoms with Gasteiger partial charge in [0, 0.05) is 72.6 Å². The summed E-state index contributed by atoms with van der Waals surface area (Å²) in [6, 6.07) is 11.3. The molecule has 0 aromatic heterocycles. The van der Waals surface area contributed by atoms with Gasteiger partial charge in [0.15, 0.2) is 0 Å². The predicted octanol–water partition coefficient (Wildman–Crippen LogP) is 6.76. The lowest BCUT2D eigenvalue weighted by Gasteiger charge is -2.41. The molecule has 11 atom stereocenters. The molecule has 90 heavy (non-hydrogen) atoms. The highest BCUT2D eigenvalue weighted by Crippen LogP contribution is 2.31. The van der Waals surface area contributed by atoms with Crippen LogP contribution in [-0.2, 0) is 64.0 Å². The van der Waals surface area contributed by atoms with Crippen molar-refractivity contribution in [2.45, 2.75) is 195 Å². The van der Waals surface area contributed by atoms with Crippen molar-refractivity contribution >= 4 is 80.9 Å². The number of carbonyl (C=O) groups excluding carboxylic acids is 10. The molecule has 2 aliphatic rings. The monoisotopic (exact) mass is 1320 g/mol. The van der Waals surface area contributed by atoms with E-state index in [-0.39, 0.29) is 96.6 Å². The Morgan fingerprint density at radius 2 is 1.41 bits per heavy atom. The molecule has 2 aromatic rings. The van der Waals surface area contributed by atoms with E-state index < -0.39 is 89.7 Å². The Kier molecular flexibility index (Phi) is 30.1. The molecular formula is C66H100BrN9O14. The number of aliphatic hydroxyl groups is 1. The number of amides is 10. The number of anilines is 1. The highest BCUT2D eigenvalue weighted by Gasteiger charge is 2.44. The first-order chi connectivity index (χ1) is 42.4. The summed E-state index contributed by atoms with van der Waals surface area (Å²) in [5.74, 6) is -4.81. The predicted molar refractivity (Wildman–Crippen MR) is 345 cm³/mol. The van der Waals surface area contributed by atoms with Crippen LogP contribution in [0.25, 0.3) is 0 Å². The van der Waals surface area contributed by atoms with Gasteiger partial charge in [-0.2, -0.15) is 0 Å². The van der Waals surface area contributed by atoms with Gasteiger partial charge < -0.3 is 60.6 Å². The average Bonchev–Trinajstić information content (AvgIpc) is 1.75. The van der Waals surface area contributed by atoms with Crippen LogP contribution >= 0.6 is 15.9 Å². The molecule has 0 saturated carbocycles. The van der Waals surface area contributed by atoms with E-state index in [1.165, 1.54) is 32.1 Å². The Hall–Kier alpha value is -6.76. The number of likely N-dealkylation sites (tertiary alicyclic amines) is 1. The molecule has 2 aliphatic heterocycles. The molecular weight excluding hydrogens is 1220 g/mol. The van der Waals surface area contributed by atoms with Gasteiger partial charge in [0.05, 0.1) is 53.3 Å². The first kappa shape index (κ1) is 75.7. The largest absolute Gasteiger partial charge is 0.445 e. The molecule has 1 fully saturated rings. The van der Waals surface area contributed by atoms with Gasteiger partial charge in [-0.05, 0) is 102 Å².